The average molecular weight is 686 g/mol. The Hall–Kier alpha value is -4.51. The molecule has 3 heterocycles. The summed E-state index contributed by atoms with van der Waals surface area (Å²) in [6.07, 6.45) is 10.3. The Morgan fingerprint density at radius 2 is 1.79 bits per heavy atom. The lowest BCUT2D eigenvalue weighted by molar-refractivity contribution is 0.0718. The average Bonchev–Trinajstić information content (AvgIpc) is 3.49. The van der Waals surface area contributed by atoms with Crippen LogP contribution in [-0.4, -0.2) is 73.6 Å². The number of hydrogen-bond acceptors (Lipinski definition) is 7. The van der Waals surface area contributed by atoms with Gasteiger partial charge in [-0.3, -0.25) is 8.77 Å². The minimum absolute atomic E-state index is 0.00708. The van der Waals surface area contributed by atoms with E-state index in [1.807, 2.05) is 93.5 Å². The molecule has 48 heavy (non-hydrogen) atoms. The van der Waals surface area contributed by atoms with E-state index < -0.39 is 11.0 Å². The van der Waals surface area contributed by atoms with Gasteiger partial charge in [0.1, 0.15) is 0 Å². The minimum atomic E-state index is -1.54. The molecule has 1 fully saturated rings. The summed E-state index contributed by atoms with van der Waals surface area (Å²) in [5.74, 6) is 0.450. The van der Waals surface area contributed by atoms with E-state index in [1.54, 1.807) is 16.4 Å². The molecule has 5 rings (SSSR count). The van der Waals surface area contributed by atoms with Crippen molar-refractivity contribution in [2.24, 2.45) is 0 Å². The Morgan fingerprint density at radius 1 is 1.10 bits per heavy atom. The van der Waals surface area contributed by atoms with E-state index in [9.17, 15) is 9.00 Å². The SMILES string of the molecule is C=CC(=C)S(=O)n1cc(-c2nc(NC3CCN(C(=O)c4ccc(NC(=C)/C=C/CN(C)C)cc4)CC3)ncc2Cl)c2ccccc21.CC. The monoisotopic (exact) mass is 685 g/mol. The number of halogens is 1. The number of benzene rings is 2. The molecule has 0 spiro atoms. The molecule has 9 nitrogen and oxygen atoms in total. The second kappa shape index (κ2) is 17.1. The van der Waals surface area contributed by atoms with Crippen LogP contribution in [0.25, 0.3) is 22.2 Å². The molecule has 0 radical (unpaired) electrons. The van der Waals surface area contributed by atoms with Crippen molar-refractivity contribution in [3.05, 3.63) is 120 Å². The third kappa shape index (κ3) is 8.89. The van der Waals surface area contributed by atoms with Crippen LogP contribution in [0.15, 0.2) is 109 Å². The number of hydrogen-bond donors (Lipinski definition) is 2. The largest absolute Gasteiger partial charge is 0.356 e. The van der Waals surface area contributed by atoms with E-state index in [0.29, 0.717) is 40.2 Å². The predicted molar refractivity (Wildman–Crippen MR) is 202 cm³/mol. The predicted octanol–water partition coefficient (Wildman–Crippen LogP) is 7.75. The van der Waals surface area contributed by atoms with E-state index >= 15 is 0 Å². The molecule has 0 bridgehead atoms. The van der Waals surface area contributed by atoms with Gasteiger partial charge in [0, 0.05) is 59.8 Å². The Kier molecular flexibility index (Phi) is 12.9. The molecule has 252 valence electrons. The lowest BCUT2D eigenvalue weighted by atomic mass is 10.0. The standard InChI is InChI=1S/C35H38ClN7O2S.C2H6/c1-6-25(3)46(45)43-23-30(29-11-7-8-12-32(29)43)33-31(36)22-37-35(40-33)39-28-17-20-42(21-18-28)34(44)26-13-15-27(16-14-26)38-24(2)10-9-19-41(4)5;1-2/h6-16,22-23,28,38H,1-3,17-21H2,4-5H3,(H,37,39,40);1-2H3/b10-9+;. The number of rotatable bonds is 12. The normalized spacial score (nSPS) is 14.0. The first-order valence-electron chi connectivity index (χ1n) is 15.9. The number of carbonyl (C=O) groups is 1. The number of likely N-dealkylation sites (tertiary alicyclic amines) is 1. The fourth-order valence-electron chi connectivity index (χ4n) is 5.22. The van der Waals surface area contributed by atoms with Crippen molar-refractivity contribution in [2.75, 3.05) is 44.4 Å². The minimum Gasteiger partial charge on any atom is -0.356 e. The van der Waals surface area contributed by atoms with Crippen molar-refractivity contribution in [1.29, 1.82) is 0 Å². The van der Waals surface area contributed by atoms with E-state index in [2.05, 4.69) is 40.3 Å². The number of likely N-dealkylation sites (N-methyl/N-ethyl adjacent to an activating group) is 1. The van der Waals surface area contributed by atoms with Gasteiger partial charge in [0.2, 0.25) is 5.95 Å². The fourth-order valence-corrected chi connectivity index (χ4v) is 6.35. The number of anilines is 2. The maximum Gasteiger partial charge on any atom is 0.253 e. The molecule has 1 aliphatic rings. The summed E-state index contributed by atoms with van der Waals surface area (Å²) in [5.41, 5.74) is 4.35. The third-order valence-corrected chi connectivity index (χ3v) is 9.20. The molecule has 11 heteroatoms. The molecular formula is C37H44ClN7O2S. The summed E-state index contributed by atoms with van der Waals surface area (Å²) in [4.78, 5) is 26.8. The van der Waals surface area contributed by atoms with Gasteiger partial charge in [0.05, 0.1) is 27.3 Å². The van der Waals surface area contributed by atoms with E-state index in [4.69, 9.17) is 16.6 Å². The van der Waals surface area contributed by atoms with Gasteiger partial charge in [-0.15, -0.1) is 0 Å². The van der Waals surface area contributed by atoms with Crippen molar-refractivity contribution < 1.29 is 9.00 Å². The highest BCUT2D eigenvalue weighted by Gasteiger charge is 2.25. The van der Waals surface area contributed by atoms with E-state index in [-0.39, 0.29) is 11.9 Å². The van der Waals surface area contributed by atoms with Gasteiger partial charge >= 0.3 is 0 Å². The van der Waals surface area contributed by atoms with Crippen molar-refractivity contribution >= 4 is 51.0 Å². The second-order valence-corrected chi connectivity index (χ2v) is 13.1. The molecule has 1 amide bonds. The van der Waals surface area contributed by atoms with Crippen molar-refractivity contribution in [3.63, 3.8) is 0 Å². The topological polar surface area (TPSA) is 95.4 Å². The number of nitrogens with zero attached hydrogens (tertiary/aromatic N) is 5. The highest BCUT2D eigenvalue weighted by molar-refractivity contribution is 7.87. The molecule has 0 saturated carbocycles. The van der Waals surface area contributed by atoms with Gasteiger partial charge in [0.25, 0.3) is 5.91 Å². The molecule has 1 unspecified atom stereocenters. The number of aromatic nitrogens is 3. The molecule has 2 N–H and O–H groups in total. The number of nitrogens with one attached hydrogen (secondary N) is 2. The number of piperidine rings is 1. The Balaban J connectivity index is 0.00000255. The van der Waals surface area contributed by atoms with Gasteiger partial charge < -0.3 is 20.4 Å². The zero-order valence-corrected chi connectivity index (χ0v) is 29.7. The summed E-state index contributed by atoms with van der Waals surface area (Å²) in [6.45, 7) is 17.6. The van der Waals surface area contributed by atoms with E-state index in [1.165, 1.54) is 6.08 Å². The first kappa shape index (κ1) is 36.3. The number of allylic oxidation sites excluding steroid dienone is 2. The zero-order chi connectivity index (χ0) is 34.8. The summed E-state index contributed by atoms with van der Waals surface area (Å²) >= 11 is 6.60. The first-order chi connectivity index (χ1) is 23.1. The van der Waals surface area contributed by atoms with Crippen molar-refractivity contribution in [3.8, 4) is 11.3 Å². The van der Waals surface area contributed by atoms with Crippen LogP contribution in [0.3, 0.4) is 0 Å². The Morgan fingerprint density at radius 3 is 2.46 bits per heavy atom. The van der Waals surface area contributed by atoms with Gasteiger partial charge in [-0.05, 0) is 63.3 Å². The van der Waals surface area contributed by atoms with E-state index in [0.717, 1.165) is 47.2 Å². The lowest BCUT2D eigenvalue weighted by Crippen LogP contribution is -2.42. The summed E-state index contributed by atoms with van der Waals surface area (Å²) in [7, 11) is 2.48. The number of para-hydroxylation sites is 1. The van der Waals surface area contributed by atoms with Crippen LogP contribution in [-0.2, 0) is 11.0 Å². The highest BCUT2D eigenvalue weighted by atomic mass is 35.5. The highest BCUT2D eigenvalue weighted by Crippen LogP contribution is 2.35. The van der Waals surface area contributed by atoms with Crippen LogP contribution in [0.5, 0.6) is 0 Å². The fraction of sp³-hybridized carbons (Fsp3) is 0.270. The zero-order valence-electron chi connectivity index (χ0n) is 28.1. The molecule has 1 aliphatic heterocycles. The Labute approximate surface area is 291 Å². The molecule has 4 aromatic rings. The van der Waals surface area contributed by atoms with Crippen LogP contribution in [0.4, 0.5) is 11.6 Å². The van der Waals surface area contributed by atoms with Crippen LogP contribution in [0, 0.1) is 0 Å². The number of fused-ring (bicyclic) bond motifs is 1. The molecular weight excluding hydrogens is 642 g/mol. The number of carbonyl (C=O) groups excluding carboxylic acids is 1. The maximum atomic E-state index is 13.2. The van der Waals surface area contributed by atoms with Gasteiger partial charge in [-0.1, -0.05) is 75.5 Å². The lowest BCUT2D eigenvalue weighted by Gasteiger charge is -2.32. The van der Waals surface area contributed by atoms with Crippen molar-refractivity contribution in [2.45, 2.75) is 32.7 Å². The first-order valence-corrected chi connectivity index (χ1v) is 17.4. The van der Waals surface area contributed by atoms with Gasteiger partial charge in [-0.25, -0.2) is 14.2 Å². The molecule has 1 atom stereocenters. The third-order valence-electron chi connectivity index (χ3n) is 7.65. The summed E-state index contributed by atoms with van der Waals surface area (Å²) < 4.78 is 14.8. The van der Waals surface area contributed by atoms with Crippen molar-refractivity contribution in [1.82, 2.24) is 23.7 Å². The molecule has 0 aliphatic carbocycles. The molecule has 1 saturated heterocycles. The van der Waals surface area contributed by atoms with Crippen LogP contribution < -0.4 is 10.6 Å². The van der Waals surface area contributed by atoms with Gasteiger partial charge in [0.15, 0.2) is 11.0 Å². The number of amides is 1. The molecule has 2 aromatic carbocycles. The quantitative estimate of drug-likeness (QED) is 0.147. The Bertz CT molecular complexity index is 1820. The smallest absolute Gasteiger partial charge is 0.253 e. The maximum absolute atomic E-state index is 13.2. The second-order valence-electron chi connectivity index (χ2n) is 11.3. The molecule has 2 aromatic heterocycles. The summed E-state index contributed by atoms with van der Waals surface area (Å²) in [6, 6.07) is 15.2. The van der Waals surface area contributed by atoms with Crippen LogP contribution in [0.2, 0.25) is 5.02 Å². The summed E-state index contributed by atoms with van der Waals surface area (Å²) in [5, 5.41) is 7.93. The van der Waals surface area contributed by atoms with Crippen LogP contribution >= 0.6 is 11.6 Å². The van der Waals surface area contributed by atoms with Gasteiger partial charge in [-0.2, -0.15) is 0 Å². The van der Waals surface area contributed by atoms with Crippen LogP contribution in [0.1, 0.15) is 37.0 Å².